The van der Waals surface area contributed by atoms with Crippen molar-refractivity contribution in [2.45, 2.75) is 25.7 Å². The summed E-state index contributed by atoms with van der Waals surface area (Å²) < 4.78 is 1.78. The Balaban J connectivity index is 1.81. The molecule has 0 spiro atoms. The lowest BCUT2D eigenvalue weighted by Crippen LogP contribution is -1.99. The highest BCUT2D eigenvalue weighted by Crippen LogP contribution is 2.37. The molecule has 0 fully saturated rings. The first-order valence-corrected chi connectivity index (χ1v) is 8.63. The lowest BCUT2D eigenvalue weighted by atomic mass is 9.97. The van der Waals surface area contributed by atoms with Gasteiger partial charge in [0.05, 0.1) is 5.39 Å². The zero-order valence-corrected chi connectivity index (χ0v) is 13.3. The van der Waals surface area contributed by atoms with Crippen molar-refractivity contribution in [3.8, 4) is 11.4 Å². The fraction of sp³-hybridized carbons (Fsp3) is 0.235. The molecule has 1 aliphatic carbocycles. The smallest absolute Gasteiger partial charge is 0.184 e. The third kappa shape index (κ3) is 1.88. The number of anilines is 1. The minimum Gasteiger partial charge on any atom is -0.398 e. The van der Waals surface area contributed by atoms with Gasteiger partial charge in [0.15, 0.2) is 11.5 Å². The van der Waals surface area contributed by atoms with Crippen LogP contribution in [0.4, 0.5) is 5.69 Å². The van der Waals surface area contributed by atoms with Crippen LogP contribution in [0.2, 0.25) is 0 Å². The molecule has 5 nitrogen and oxygen atoms in total. The third-order valence-corrected chi connectivity index (χ3v) is 5.69. The molecule has 0 radical (unpaired) electrons. The molecule has 0 saturated heterocycles. The second-order valence-corrected chi connectivity index (χ2v) is 7.01. The van der Waals surface area contributed by atoms with E-state index in [0.717, 1.165) is 28.9 Å². The minimum atomic E-state index is 0.660. The van der Waals surface area contributed by atoms with Crippen LogP contribution in [-0.4, -0.2) is 19.6 Å². The minimum absolute atomic E-state index is 0.660. The van der Waals surface area contributed by atoms with Crippen molar-refractivity contribution < 1.29 is 0 Å². The number of para-hydroxylation sites is 1. The average molecular weight is 321 g/mol. The van der Waals surface area contributed by atoms with Gasteiger partial charge in [0, 0.05) is 16.1 Å². The summed E-state index contributed by atoms with van der Waals surface area (Å²) in [6, 6.07) is 7.71. The first-order valence-electron chi connectivity index (χ1n) is 7.82. The highest BCUT2D eigenvalue weighted by molar-refractivity contribution is 7.19. The molecule has 3 aromatic heterocycles. The number of aromatic nitrogens is 4. The Morgan fingerprint density at radius 3 is 2.91 bits per heavy atom. The molecule has 1 aromatic carbocycles. The zero-order valence-electron chi connectivity index (χ0n) is 12.5. The molecular formula is C17H15N5S. The van der Waals surface area contributed by atoms with Crippen LogP contribution in [0.1, 0.15) is 23.3 Å². The summed E-state index contributed by atoms with van der Waals surface area (Å²) in [5.41, 5.74) is 9.96. The summed E-state index contributed by atoms with van der Waals surface area (Å²) in [5, 5.41) is 5.77. The van der Waals surface area contributed by atoms with Crippen molar-refractivity contribution in [2.24, 2.45) is 0 Å². The van der Waals surface area contributed by atoms with Crippen LogP contribution in [0.15, 0.2) is 30.6 Å². The molecule has 114 valence electrons. The number of nitrogens with two attached hydrogens (primary N) is 1. The Hall–Kier alpha value is -2.47. The second kappa shape index (κ2) is 4.76. The number of nitrogen functional groups attached to an aromatic ring is 1. The van der Waals surface area contributed by atoms with Crippen molar-refractivity contribution in [3.63, 3.8) is 0 Å². The van der Waals surface area contributed by atoms with Gasteiger partial charge in [-0.05, 0) is 43.4 Å². The van der Waals surface area contributed by atoms with E-state index in [1.165, 1.54) is 28.7 Å². The van der Waals surface area contributed by atoms with Gasteiger partial charge < -0.3 is 5.73 Å². The highest BCUT2D eigenvalue weighted by atomic mass is 32.1. The molecule has 0 aliphatic heterocycles. The predicted octanol–water partition coefficient (Wildman–Crippen LogP) is 3.47. The maximum absolute atomic E-state index is 6.08. The van der Waals surface area contributed by atoms with Crippen molar-refractivity contribution in [1.29, 1.82) is 0 Å². The van der Waals surface area contributed by atoms with E-state index in [4.69, 9.17) is 10.7 Å². The lowest BCUT2D eigenvalue weighted by molar-refractivity contribution is 0.700. The maximum Gasteiger partial charge on any atom is 0.184 e. The van der Waals surface area contributed by atoms with Gasteiger partial charge in [0.1, 0.15) is 11.2 Å². The fourth-order valence-corrected chi connectivity index (χ4v) is 4.59. The second-order valence-electron chi connectivity index (χ2n) is 5.93. The molecule has 23 heavy (non-hydrogen) atoms. The van der Waals surface area contributed by atoms with Crippen LogP contribution in [0.5, 0.6) is 0 Å². The van der Waals surface area contributed by atoms with E-state index >= 15 is 0 Å². The van der Waals surface area contributed by atoms with Gasteiger partial charge in [-0.2, -0.15) is 0 Å². The number of fused-ring (bicyclic) bond motifs is 5. The van der Waals surface area contributed by atoms with Crippen molar-refractivity contribution in [1.82, 2.24) is 19.6 Å². The molecule has 2 N–H and O–H groups in total. The molecule has 0 unspecified atom stereocenters. The summed E-state index contributed by atoms with van der Waals surface area (Å²) in [7, 11) is 0. The van der Waals surface area contributed by atoms with E-state index in [9.17, 15) is 0 Å². The van der Waals surface area contributed by atoms with E-state index in [1.807, 2.05) is 24.3 Å². The van der Waals surface area contributed by atoms with Gasteiger partial charge in [0.2, 0.25) is 0 Å². The lowest BCUT2D eigenvalue weighted by Gasteiger charge is -2.09. The summed E-state index contributed by atoms with van der Waals surface area (Å²) in [6.45, 7) is 0. The molecule has 5 rings (SSSR count). The van der Waals surface area contributed by atoms with E-state index < -0.39 is 0 Å². The van der Waals surface area contributed by atoms with E-state index in [0.29, 0.717) is 11.5 Å². The number of aryl methyl sites for hydroxylation is 2. The fourth-order valence-electron chi connectivity index (χ4n) is 3.37. The first-order chi connectivity index (χ1) is 11.3. The Morgan fingerprint density at radius 2 is 2.00 bits per heavy atom. The molecule has 0 atom stereocenters. The highest BCUT2D eigenvalue weighted by Gasteiger charge is 2.21. The molecule has 0 bridgehead atoms. The standard InChI is InChI=1S/C17H15N5S/c18-12-7-3-1-5-10(12)15-20-16-14-11-6-2-4-8-13(11)23-17(14)19-9-22(16)21-15/h1,3,5,7,9H,2,4,6,8,18H2. The Kier molecular flexibility index (Phi) is 2.69. The van der Waals surface area contributed by atoms with Crippen molar-refractivity contribution in [3.05, 3.63) is 41.0 Å². The zero-order chi connectivity index (χ0) is 15.4. The van der Waals surface area contributed by atoms with Crippen LogP contribution in [0.25, 0.3) is 27.3 Å². The Morgan fingerprint density at radius 1 is 1.13 bits per heavy atom. The maximum atomic E-state index is 6.08. The quantitative estimate of drug-likeness (QED) is 0.545. The Bertz CT molecular complexity index is 1050. The van der Waals surface area contributed by atoms with Crippen LogP contribution in [0, 0.1) is 0 Å². The van der Waals surface area contributed by atoms with E-state index in [1.54, 1.807) is 22.2 Å². The third-order valence-electron chi connectivity index (χ3n) is 4.49. The Labute approximate surface area is 136 Å². The van der Waals surface area contributed by atoms with Crippen LogP contribution in [0.3, 0.4) is 0 Å². The number of nitrogens with zero attached hydrogens (tertiary/aromatic N) is 4. The number of rotatable bonds is 1. The van der Waals surface area contributed by atoms with Gasteiger partial charge >= 0.3 is 0 Å². The van der Waals surface area contributed by atoms with Gasteiger partial charge in [-0.25, -0.2) is 14.5 Å². The van der Waals surface area contributed by atoms with Crippen molar-refractivity contribution in [2.75, 3.05) is 5.73 Å². The van der Waals surface area contributed by atoms with Crippen LogP contribution >= 0.6 is 11.3 Å². The largest absolute Gasteiger partial charge is 0.398 e. The SMILES string of the molecule is Nc1ccccc1-c1nc2c3c4c(sc3ncn2n1)CCCC4. The van der Waals surface area contributed by atoms with Crippen molar-refractivity contribution >= 4 is 32.9 Å². The van der Waals surface area contributed by atoms with Gasteiger partial charge in [-0.1, -0.05) is 12.1 Å². The first kappa shape index (κ1) is 13.0. The van der Waals surface area contributed by atoms with Gasteiger partial charge in [-0.15, -0.1) is 16.4 Å². The number of benzene rings is 1. The average Bonchev–Trinajstić information content (AvgIpc) is 3.15. The molecule has 4 aromatic rings. The molecule has 1 aliphatic rings. The number of thiophene rings is 1. The molecule has 0 saturated carbocycles. The molecule has 3 heterocycles. The monoisotopic (exact) mass is 321 g/mol. The summed E-state index contributed by atoms with van der Waals surface area (Å²) >= 11 is 1.81. The van der Waals surface area contributed by atoms with E-state index in [-0.39, 0.29) is 0 Å². The summed E-state index contributed by atoms with van der Waals surface area (Å²) in [4.78, 5) is 11.9. The molecular weight excluding hydrogens is 306 g/mol. The van der Waals surface area contributed by atoms with Crippen LogP contribution in [-0.2, 0) is 12.8 Å². The number of hydrogen-bond donors (Lipinski definition) is 1. The van der Waals surface area contributed by atoms with Gasteiger partial charge in [-0.3, -0.25) is 0 Å². The topological polar surface area (TPSA) is 69.1 Å². The molecule has 6 heteroatoms. The summed E-state index contributed by atoms with van der Waals surface area (Å²) in [5.74, 6) is 0.660. The van der Waals surface area contributed by atoms with E-state index in [2.05, 4.69) is 10.1 Å². The normalized spacial score (nSPS) is 14.4. The van der Waals surface area contributed by atoms with Gasteiger partial charge in [0.25, 0.3) is 0 Å². The predicted molar refractivity (Wildman–Crippen MR) is 92.7 cm³/mol. The number of hydrogen-bond acceptors (Lipinski definition) is 5. The van der Waals surface area contributed by atoms with Crippen LogP contribution < -0.4 is 5.73 Å². The molecule has 0 amide bonds. The summed E-state index contributed by atoms with van der Waals surface area (Å²) in [6.07, 6.45) is 6.55.